The minimum absolute atomic E-state index is 0.175. The summed E-state index contributed by atoms with van der Waals surface area (Å²) in [4.78, 5) is 29.0. The lowest BCUT2D eigenvalue weighted by atomic mass is 10.1. The number of benzene rings is 1. The van der Waals surface area contributed by atoms with Crippen LogP contribution in [0.4, 0.5) is 4.39 Å². The van der Waals surface area contributed by atoms with Gasteiger partial charge in [0.2, 0.25) is 12.0 Å². The van der Waals surface area contributed by atoms with Crippen LogP contribution < -0.4 is 5.73 Å². The van der Waals surface area contributed by atoms with E-state index in [4.69, 9.17) is 14.9 Å². The molecule has 1 atom stereocenters. The van der Waals surface area contributed by atoms with Crippen LogP contribution in [0.15, 0.2) is 46.2 Å². The van der Waals surface area contributed by atoms with E-state index < -0.39 is 23.8 Å². The van der Waals surface area contributed by atoms with E-state index in [9.17, 15) is 14.0 Å². The van der Waals surface area contributed by atoms with Gasteiger partial charge in [-0.25, -0.2) is 9.37 Å². The first-order chi connectivity index (χ1) is 12.4. The van der Waals surface area contributed by atoms with Gasteiger partial charge in [-0.3, -0.25) is 9.59 Å². The molecule has 0 bridgehead atoms. The molecule has 3 rings (SSSR count). The van der Waals surface area contributed by atoms with Crippen molar-refractivity contribution in [1.29, 1.82) is 0 Å². The molecule has 1 aromatic carbocycles. The van der Waals surface area contributed by atoms with Crippen LogP contribution in [0, 0.1) is 12.7 Å². The number of nitrogens with zero attached hydrogens (tertiary/aromatic N) is 1. The van der Waals surface area contributed by atoms with Crippen molar-refractivity contribution in [2.75, 3.05) is 0 Å². The number of hydrogen-bond donors (Lipinski definition) is 1. The summed E-state index contributed by atoms with van der Waals surface area (Å²) in [7, 11) is 0. The van der Waals surface area contributed by atoms with Gasteiger partial charge in [-0.1, -0.05) is 18.2 Å². The fourth-order valence-electron chi connectivity index (χ4n) is 2.34. The van der Waals surface area contributed by atoms with Crippen molar-refractivity contribution in [2.45, 2.75) is 19.4 Å². The number of carbonyl (C=O) groups excluding carboxylic acids is 2. The van der Waals surface area contributed by atoms with Crippen LogP contribution in [-0.2, 0) is 20.7 Å². The second kappa shape index (κ2) is 7.49. The molecule has 134 valence electrons. The third-order valence-electron chi connectivity index (χ3n) is 3.62. The molecule has 0 fully saturated rings. The molecule has 6 nitrogen and oxygen atoms in total. The summed E-state index contributed by atoms with van der Waals surface area (Å²) in [5.74, 6) is -1.09. The third kappa shape index (κ3) is 3.97. The van der Waals surface area contributed by atoms with Gasteiger partial charge in [0.05, 0.1) is 17.0 Å². The van der Waals surface area contributed by atoms with Gasteiger partial charge in [-0.05, 0) is 30.5 Å². The highest BCUT2D eigenvalue weighted by molar-refractivity contribution is 7.13. The van der Waals surface area contributed by atoms with Gasteiger partial charge in [-0.15, -0.1) is 11.3 Å². The largest absolute Gasteiger partial charge is 0.447 e. The molecule has 0 saturated carbocycles. The van der Waals surface area contributed by atoms with Crippen molar-refractivity contribution in [3.05, 3.63) is 64.6 Å². The highest BCUT2D eigenvalue weighted by atomic mass is 32.1. The minimum atomic E-state index is -1.30. The lowest BCUT2D eigenvalue weighted by Gasteiger charge is -2.14. The van der Waals surface area contributed by atoms with E-state index >= 15 is 0 Å². The maximum absolute atomic E-state index is 13.0. The highest BCUT2D eigenvalue weighted by Gasteiger charge is 2.24. The number of oxazole rings is 1. The van der Waals surface area contributed by atoms with Crippen molar-refractivity contribution in [2.24, 2.45) is 5.73 Å². The Morgan fingerprint density at radius 2 is 2.04 bits per heavy atom. The summed E-state index contributed by atoms with van der Waals surface area (Å²) in [5.41, 5.74) is 6.02. The number of esters is 1. The monoisotopic (exact) mass is 374 g/mol. The fourth-order valence-corrected chi connectivity index (χ4v) is 2.98. The van der Waals surface area contributed by atoms with Crippen LogP contribution in [-0.4, -0.2) is 16.9 Å². The smallest absolute Gasteiger partial charge is 0.313 e. The molecule has 2 aromatic heterocycles. The SMILES string of the molecule is Cc1oc(-c2cccs2)nc1CC(=O)OC(C(N)=O)c1ccc(F)cc1. The molecule has 0 aliphatic carbocycles. The van der Waals surface area contributed by atoms with E-state index in [0.717, 1.165) is 17.0 Å². The van der Waals surface area contributed by atoms with Gasteiger partial charge in [-0.2, -0.15) is 0 Å². The van der Waals surface area contributed by atoms with Crippen molar-refractivity contribution >= 4 is 23.2 Å². The summed E-state index contributed by atoms with van der Waals surface area (Å²) < 4.78 is 23.8. The van der Waals surface area contributed by atoms with Gasteiger partial charge in [0, 0.05) is 5.56 Å². The number of ether oxygens (including phenoxy) is 1. The Morgan fingerprint density at radius 1 is 1.31 bits per heavy atom. The molecular weight excluding hydrogens is 359 g/mol. The molecule has 26 heavy (non-hydrogen) atoms. The Balaban J connectivity index is 1.73. The first-order valence-corrected chi connectivity index (χ1v) is 8.56. The number of hydrogen-bond acceptors (Lipinski definition) is 6. The van der Waals surface area contributed by atoms with Crippen LogP contribution >= 0.6 is 11.3 Å². The fraction of sp³-hybridized carbons (Fsp3) is 0.167. The first-order valence-electron chi connectivity index (χ1n) is 7.68. The Labute approximate surface area is 152 Å². The minimum Gasteiger partial charge on any atom is -0.447 e. The number of amides is 1. The number of rotatable bonds is 6. The second-order valence-electron chi connectivity index (χ2n) is 5.50. The molecule has 0 aliphatic rings. The quantitative estimate of drug-likeness (QED) is 0.669. The van der Waals surface area contributed by atoms with Crippen molar-refractivity contribution in [3.8, 4) is 10.8 Å². The Hall–Kier alpha value is -3.00. The number of halogens is 1. The Kier molecular flexibility index (Phi) is 5.13. The zero-order valence-corrected chi connectivity index (χ0v) is 14.6. The zero-order valence-electron chi connectivity index (χ0n) is 13.8. The van der Waals surface area contributed by atoms with E-state index in [0.29, 0.717) is 22.9 Å². The number of nitrogens with two attached hydrogens (primary N) is 1. The summed E-state index contributed by atoms with van der Waals surface area (Å²) in [5, 5.41) is 1.89. The normalized spacial score (nSPS) is 11.9. The van der Waals surface area contributed by atoms with Gasteiger partial charge in [0.15, 0.2) is 0 Å². The third-order valence-corrected chi connectivity index (χ3v) is 4.47. The summed E-state index contributed by atoms with van der Waals surface area (Å²) in [6, 6.07) is 8.73. The van der Waals surface area contributed by atoms with Gasteiger partial charge in [0.25, 0.3) is 5.91 Å². The number of aryl methyl sites for hydroxylation is 1. The summed E-state index contributed by atoms with van der Waals surface area (Å²) >= 11 is 1.47. The first kappa shape index (κ1) is 17.8. The predicted molar refractivity (Wildman–Crippen MR) is 92.7 cm³/mol. The molecule has 0 saturated heterocycles. The topological polar surface area (TPSA) is 95.4 Å². The van der Waals surface area contributed by atoms with Crippen LogP contribution in [0.1, 0.15) is 23.1 Å². The van der Waals surface area contributed by atoms with Crippen LogP contribution in [0.25, 0.3) is 10.8 Å². The van der Waals surface area contributed by atoms with Crippen molar-refractivity contribution in [3.63, 3.8) is 0 Å². The van der Waals surface area contributed by atoms with Gasteiger partial charge < -0.3 is 14.9 Å². The summed E-state index contributed by atoms with van der Waals surface area (Å²) in [6.07, 6.45) is -1.47. The Morgan fingerprint density at radius 3 is 2.65 bits per heavy atom. The summed E-state index contributed by atoms with van der Waals surface area (Å²) in [6.45, 7) is 1.69. The average molecular weight is 374 g/mol. The second-order valence-corrected chi connectivity index (χ2v) is 6.45. The van der Waals surface area contributed by atoms with E-state index in [2.05, 4.69) is 4.98 Å². The molecule has 0 aliphatic heterocycles. The molecule has 2 heterocycles. The van der Waals surface area contributed by atoms with Gasteiger partial charge >= 0.3 is 5.97 Å². The Bertz CT molecular complexity index is 919. The zero-order chi connectivity index (χ0) is 18.7. The number of primary amides is 1. The van der Waals surface area contributed by atoms with Crippen LogP contribution in [0.3, 0.4) is 0 Å². The number of thiophene rings is 1. The van der Waals surface area contributed by atoms with Crippen LogP contribution in [0.5, 0.6) is 0 Å². The van der Waals surface area contributed by atoms with E-state index in [1.165, 1.54) is 23.5 Å². The highest BCUT2D eigenvalue weighted by Crippen LogP contribution is 2.26. The molecule has 0 radical (unpaired) electrons. The molecule has 3 aromatic rings. The molecule has 1 unspecified atom stereocenters. The van der Waals surface area contributed by atoms with E-state index in [1.807, 2.05) is 17.5 Å². The number of carbonyl (C=O) groups is 2. The van der Waals surface area contributed by atoms with Crippen LogP contribution in [0.2, 0.25) is 0 Å². The molecule has 8 heteroatoms. The van der Waals surface area contributed by atoms with Gasteiger partial charge in [0.1, 0.15) is 11.6 Å². The molecule has 2 N–H and O–H groups in total. The molecular formula is C18H15FN2O4S. The van der Waals surface area contributed by atoms with E-state index in [1.54, 1.807) is 6.92 Å². The standard InChI is InChI=1S/C18H15FN2O4S/c1-10-13(21-18(24-10)14-3-2-8-26-14)9-15(22)25-16(17(20)23)11-4-6-12(19)7-5-11/h2-8,16H,9H2,1H3,(H2,20,23). The lowest BCUT2D eigenvalue weighted by Crippen LogP contribution is -2.27. The average Bonchev–Trinajstić information content (AvgIpc) is 3.24. The molecule has 1 amide bonds. The van der Waals surface area contributed by atoms with Crippen molar-refractivity contribution in [1.82, 2.24) is 4.98 Å². The molecule has 0 spiro atoms. The predicted octanol–water partition coefficient (Wildman–Crippen LogP) is 3.16. The van der Waals surface area contributed by atoms with Crippen molar-refractivity contribution < 1.29 is 23.1 Å². The number of aromatic nitrogens is 1. The lowest BCUT2D eigenvalue weighted by molar-refractivity contribution is -0.154. The maximum atomic E-state index is 13.0. The van der Waals surface area contributed by atoms with E-state index in [-0.39, 0.29) is 6.42 Å². The maximum Gasteiger partial charge on any atom is 0.313 e.